The van der Waals surface area contributed by atoms with E-state index in [4.69, 9.17) is 11.6 Å². The molecule has 2 heterocycles. The van der Waals surface area contributed by atoms with Crippen LogP contribution < -0.4 is 5.32 Å². The van der Waals surface area contributed by atoms with Crippen LogP contribution in [0.4, 0.5) is 18.9 Å². The maximum absolute atomic E-state index is 12.5. The maximum Gasteiger partial charge on any atom is 0.417 e. The van der Waals surface area contributed by atoms with E-state index in [-0.39, 0.29) is 17.3 Å². The molecule has 0 aromatic carbocycles. The summed E-state index contributed by atoms with van der Waals surface area (Å²) in [5.74, 6) is -0.398. The van der Waals surface area contributed by atoms with Crippen LogP contribution in [-0.4, -0.2) is 20.7 Å². The number of hydrogen-bond acceptors (Lipinski definition) is 3. The number of carbonyl (C=O) groups excluding carboxylic acids is 1. The van der Waals surface area contributed by atoms with E-state index in [9.17, 15) is 18.0 Å². The molecule has 1 N–H and O–H groups in total. The lowest BCUT2D eigenvalue weighted by molar-refractivity contribution is -0.137. The van der Waals surface area contributed by atoms with Gasteiger partial charge in [0.15, 0.2) is 0 Å². The molecule has 0 radical (unpaired) electrons. The number of pyridine rings is 1. The first kappa shape index (κ1) is 16.0. The van der Waals surface area contributed by atoms with Gasteiger partial charge in [0, 0.05) is 12.4 Å². The minimum Gasteiger partial charge on any atom is -0.320 e. The van der Waals surface area contributed by atoms with Crippen molar-refractivity contribution < 1.29 is 18.0 Å². The molecular weight excluding hydrogens is 321 g/mol. The molecule has 0 bridgehead atoms. The van der Waals surface area contributed by atoms with Crippen LogP contribution in [0, 0.1) is 0 Å². The Labute approximate surface area is 128 Å². The monoisotopic (exact) mass is 330 g/mol. The molecule has 0 spiro atoms. The van der Waals surface area contributed by atoms with E-state index in [1.165, 1.54) is 17.1 Å². The Morgan fingerprint density at radius 3 is 2.77 bits per heavy atom. The van der Waals surface area contributed by atoms with Crippen molar-refractivity contribution in [2.75, 3.05) is 5.32 Å². The molecule has 0 saturated carbocycles. The smallest absolute Gasteiger partial charge is 0.320 e. The van der Waals surface area contributed by atoms with E-state index in [1.54, 1.807) is 0 Å². The molecule has 1 amide bonds. The second kappa shape index (κ2) is 6.18. The molecule has 116 valence electrons. The summed E-state index contributed by atoms with van der Waals surface area (Å²) < 4.78 is 39.0. The van der Waals surface area contributed by atoms with Crippen molar-refractivity contribution in [3.63, 3.8) is 0 Å². The Morgan fingerprint density at radius 1 is 1.45 bits per heavy atom. The van der Waals surface area contributed by atoms with Gasteiger partial charge in [-0.2, -0.15) is 18.3 Å². The molecule has 2 aromatic rings. The summed E-state index contributed by atoms with van der Waals surface area (Å²) in [5.41, 5.74) is -0.257. The quantitative estimate of drug-likeness (QED) is 0.876. The summed E-state index contributed by atoms with van der Waals surface area (Å²) in [6.07, 6.45) is 0.205. The van der Waals surface area contributed by atoms with E-state index >= 15 is 0 Å². The average molecular weight is 331 g/mol. The fourth-order valence-corrected chi connectivity index (χ4v) is 1.83. The number of hydrogen-bond donors (Lipinski definition) is 1. The number of anilines is 1. The van der Waals surface area contributed by atoms with Crippen molar-refractivity contribution >= 4 is 23.2 Å². The zero-order chi connectivity index (χ0) is 16.3. The Kier molecular flexibility index (Phi) is 4.51. The largest absolute Gasteiger partial charge is 0.417 e. The number of halogens is 4. The van der Waals surface area contributed by atoms with E-state index in [0.29, 0.717) is 11.9 Å². The van der Waals surface area contributed by atoms with Crippen molar-refractivity contribution in [2.24, 2.45) is 0 Å². The zero-order valence-electron chi connectivity index (χ0n) is 11.1. The second-order valence-corrected chi connectivity index (χ2v) is 4.68. The van der Waals surface area contributed by atoms with Crippen molar-refractivity contribution in [2.45, 2.75) is 12.7 Å². The zero-order valence-corrected chi connectivity index (χ0v) is 11.8. The summed E-state index contributed by atoms with van der Waals surface area (Å²) >= 11 is 5.81. The first-order chi connectivity index (χ1) is 10.3. The molecule has 2 aromatic heterocycles. The maximum atomic E-state index is 12.5. The van der Waals surface area contributed by atoms with Crippen molar-refractivity contribution in [1.82, 2.24) is 14.8 Å². The minimum absolute atomic E-state index is 0.0704. The Hall–Kier alpha value is -2.35. The standard InChI is InChI=1S/C13H10ClF3N4O/c1-2-12(22)20-9-5-19-21(6-9)7-11-10(14)3-8(4-18-11)13(15,16)17/h2-6H,1,7H2,(H,20,22). The second-order valence-electron chi connectivity index (χ2n) is 4.27. The predicted molar refractivity (Wildman–Crippen MR) is 74.4 cm³/mol. The van der Waals surface area contributed by atoms with Crippen molar-refractivity contribution in [3.05, 3.63) is 53.6 Å². The number of nitrogens with one attached hydrogen (secondary N) is 1. The Morgan fingerprint density at radius 2 is 2.18 bits per heavy atom. The molecule has 0 atom stereocenters. The van der Waals surface area contributed by atoms with Crippen LogP contribution in [0.25, 0.3) is 0 Å². The van der Waals surface area contributed by atoms with E-state index in [2.05, 4.69) is 22.0 Å². The van der Waals surface area contributed by atoms with Gasteiger partial charge in [-0.1, -0.05) is 18.2 Å². The van der Waals surface area contributed by atoms with Gasteiger partial charge < -0.3 is 5.32 Å². The molecule has 0 aliphatic carbocycles. The molecular formula is C13H10ClF3N4O. The van der Waals surface area contributed by atoms with E-state index in [0.717, 1.165) is 12.1 Å². The number of carbonyl (C=O) groups is 1. The molecule has 0 aliphatic heterocycles. The highest BCUT2D eigenvalue weighted by Crippen LogP contribution is 2.31. The molecule has 9 heteroatoms. The van der Waals surface area contributed by atoms with Crippen LogP contribution in [0.5, 0.6) is 0 Å². The molecule has 22 heavy (non-hydrogen) atoms. The van der Waals surface area contributed by atoms with E-state index in [1.807, 2.05) is 0 Å². The third-order valence-corrected chi connectivity index (χ3v) is 2.97. The SMILES string of the molecule is C=CC(=O)Nc1cnn(Cc2ncc(C(F)(F)F)cc2Cl)c1. The van der Waals surface area contributed by atoms with Gasteiger partial charge in [-0.3, -0.25) is 14.5 Å². The van der Waals surface area contributed by atoms with Gasteiger partial charge >= 0.3 is 6.18 Å². The number of rotatable bonds is 4. The van der Waals surface area contributed by atoms with E-state index < -0.39 is 17.6 Å². The summed E-state index contributed by atoms with van der Waals surface area (Å²) in [4.78, 5) is 14.8. The van der Waals surface area contributed by atoms with Crippen LogP contribution in [0.2, 0.25) is 5.02 Å². The average Bonchev–Trinajstić information content (AvgIpc) is 2.87. The normalized spacial score (nSPS) is 11.3. The first-order valence-electron chi connectivity index (χ1n) is 5.97. The van der Waals surface area contributed by atoms with Gasteiger partial charge in [0.1, 0.15) is 0 Å². The Balaban J connectivity index is 2.14. The van der Waals surface area contributed by atoms with Crippen LogP contribution >= 0.6 is 11.6 Å². The van der Waals surface area contributed by atoms with Crippen molar-refractivity contribution in [1.29, 1.82) is 0 Å². The molecule has 0 aliphatic rings. The predicted octanol–water partition coefficient (Wildman–Crippen LogP) is 3.12. The fourth-order valence-electron chi connectivity index (χ4n) is 1.60. The van der Waals surface area contributed by atoms with Crippen LogP contribution in [0.3, 0.4) is 0 Å². The Bertz CT molecular complexity index is 712. The first-order valence-corrected chi connectivity index (χ1v) is 6.35. The third kappa shape index (κ3) is 3.85. The van der Waals surface area contributed by atoms with Gasteiger partial charge in [0.25, 0.3) is 0 Å². The summed E-state index contributed by atoms with van der Waals surface area (Å²) in [6, 6.07) is 0.813. The van der Waals surface area contributed by atoms with Gasteiger partial charge in [-0.05, 0) is 12.1 Å². The van der Waals surface area contributed by atoms with Gasteiger partial charge in [0.2, 0.25) is 5.91 Å². The topological polar surface area (TPSA) is 59.8 Å². The number of amides is 1. The molecule has 0 saturated heterocycles. The number of alkyl halides is 3. The number of nitrogens with zero attached hydrogens (tertiary/aromatic N) is 3. The van der Waals surface area contributed by atoms with Gasteiger partial charge in [0.05, 0.1) is 34.7 Å². The molecule has 0 fully saturated rings. The highest BCUT2D eigenvalue weighted by molar-refractivity contribution is 6.31. The lowest BCUT2D eigenvalue weighted by atomic mass is 10.2. The minimum atomic E-state index is -4.50. The summed E-state index contributed by atoms with van der Waals surface area (Å²) in [5, 5.41) is 6.35. The highest BCUT2D eigenvalue weighted by atomic mass is 35.5. The summed E-state index contributed by atoms with van der Waals surface area (Å²) in [7, 11) is 0. The van der Waals surface area contributed by atoms with Crippen LogP contribution in [-0.2, 0) is 17.5 Å². The van der Waals surface area contributed by atoms with Crippen LogP contribution in [0.15, 0.2) is 37.3 Å². The van der Waals surface area contributed by atoms with Gasteiger partial charge in [-0.15, -0.1) is 0 Å². The lowest BCUT2D eigenvalue weighted by Crippen LogP contribution is -2.09. The van der Waals surface area contributed by atoms with Crippen LogP contribution in [0.1, 0.15) is 11.3 Å². The lowest BCUT2D eigenvalue weighted by Gasteiger charge is -2.09. The molecule has 2 rings (SSSR count). The fraction of sp³-hybridized carbons (Fsp3) is 0.154. The summed E-state index contributed by atoms with van der Waals surface area (Å²) in [6.45, 7) is 3.38. The number of aromatic nitrogens is 3. The molecule has 0 unspecified atom stereocenters. The third-order valence-electron chi connectivity index (χ3n) is 2.64. The molecule has 5 nitrogen and oxygen atoms in total. The van der Waals surface area contributed by atoms with Crippen molar-refractivity contribution in [3.8, 4) is 0 Å². The van der Waals surface area contributed by atoms with Gasteiger partial charge in [-0.25, -0.2) is 0 Å². The highest BCUT2D eigenvalue weighted by Gasteiger charge is 2.31.